The molecule has 0 atom stereocenters. The second-order valence-corrected chi connectivity index (χ2v) is 3.97. The number of carbonyl (C=O) groups excluding carboxylic acids is 2. The molecule has 0 bridgehead atoms. The van der Waals surface area contributed by atoms with E-state index >= 15 is 0 Å². The first kappa shape index (κ1) is 15.7. The van der Waals surface area contributed by atoms with Crippen LogP contribution in [-0.4, -0.2) is 25.0 Å². The van der Waals surface area contributed by atoms with Crippen molar-refractivity contribution in [1.82, 2.24) is 0 Å². The molecule has 0 unspecified atom stereocenters. The minimum Gasteiger partial charge on any atom is -0.489 e. The Morgan fingerprint density at radius 2 is 2.00 bits per heavy atom. The van der Waals surface area contributed by atoms with Crippen molar-refractivity contribution in [1.29, 1.82) is 0 Å². The van der Waals surface area contributed by atoms with E-state index in [1.54, 1.807) is 31.2 Å². The van der Waals surface area contributed by atoms with Crippen LogP contribution in [0.3, 0.4) is 0 Å². The summed E-state index contributed by atoms with van der Waals surface area (Å²) in [4.78, 5) is 23.3. The van der Waals surface area contributed by atoms with E-state index in [1.807, 2.05) is 6.07 Å². The van der Waals surface area contributed by atoms with Crippen LogP contribution in [0.25, 0.3) is 6.08 Å². The molecule has 0 amide bonds. The SMILES string of the molecule is C=CCOc1ccccc1/C=C(/C(C)=O)C(=O)OCC. The van der Waals surface area contributed by atoms with E-state index in [4.69, 9.17) is 9.47 Å². The molecule has 0 saturated carbocycles. The lowest BCUT2D eigenvalue weighted by Crippen LogP contribution is -2.13. The molecule has 0 aliphatic carbocycles. The highest BCUT2D eigenvalue weighted by Gasteiger charge is 2.16. The number of Topliss-reactive ketones (excluding diaryl/α,β-unsaturated/α-hetero) is 1. The first-order chi connectivity index (χ1) is 9.60. The highest BCUT2D eigenvalue weighted by molar-refractivity contribution is 6.19. The molecule has 0 fully saturated rings. The maximum Gasteiger partial charge on any atom is 0.341 e. The van der Waals surface area contributed by atoms with Crippen LogP contribution in [0.4, 0.5) is 0 Å². The van der Waals surface area contributed by atoms with E-state index in [9.17, 15) is 9.59 Å². The molecule has 1 rings (SSSR count). The molecule has 106 valence electrons. The number of hydrogen-bond donors (Lipinski definition) is 0. The van der Waals surface area contributed by atoms with E-state index < -0.39 is 5.97 Å². The molecule has 0 heterocycles. The van der Waals surface area contributed by atoms with Crippen molar-refractivity contribution in [3.63, 3.8) is 0 Å². The standard InChI is InChI=1S/C16H18O4/c1-4-10-20-15-9-7-6-8-13(15)11-14(12(3)17)16(18)19-5-2/h4,6-9,11H,1,5,10H2,2-3H3/b14-11-. The van der Waals surface area contributed by atoms with Crippen LogP contribution >= 0.6 is 0 Å². The summed E-state index contributed by atoms with van der Waals surface area (Å²) < 4.78 is 10.4. The van der Waals surface area contributed by atoms with Crippen molar-refractivity contribution < 1.29 is 19.1 Å². The van der Waals surface area contributed by atoms with Crippen molar-refractivity contribution in [2.24, 2.45) is 0 Å². The van der Waals surface area contributed by atoms with Crippen LogP contribution in [0.5, 0.6) is 5.75 Å². The Kier molecular flexibility index (Phi) is 6.23. The molecule has 0 saturated heterocycles. The largest absolute Gasteiger partial charge is 0.489 e. The number of ether oxygens (including phenoxy) is 2. The van der Waals surface area contributed by atoms with Gasteiger partial charge in [0.25, 0.3) is 0 Å². The fraction of sp³-hybridized carbons (Fsp3) is 0.250. The van der Waals surface area contributed by atoms with E-state index in [0.29, 0.717) is 17.9 Å². The second-order valence-electron chi connectivity index (χ2n) is 3.97. The summed E-state index contributed by atoms with van der Waals surface area (Å²) in [5.74, 6) is -0.393. The molecule has 0 spiro atoms. The number of benzene rings is 1. The maximum absolute atomic E-state index is 11.7. The van der Waals surface area contributed by atoms with Crippen molar-refractivity contribution in [2.75, 3.05) is 13.2 Å². The van der Waals surface area contributed by atoms with Gasteiger partial charge in [0.2, 0.25) is 0 Å². The zero-order valence-corrected chi connectivity index (χ0v) is 11.7. The van der Waals surface area contributed by atoms with Crippen LogP contribution in [0.15, 0.2) is 42.5 Å². The second kappa shape index (κ2) is 7.94. The number of para-hydroxylation sites is 1. The lowest BCUT2D eigenvalue weighted by molar-refractivity contribution is -0.139. The topological polar surface area (TPSA) is 52.6 Å². The molecule has 1 aromatic carbocycles. The summed E-state index contributed by atoms with van der Waals surface area (Å²) >= 11 is 0. The lowest BCUT2D eigenvalue weighted by atomic mass is 10.1. The average Bonchev–Trinajstić information content (AvgIpc) is 2.43. The first-order valence-electron chi connectivity index (χ1n) is 6.32. The molecule has 1 aromatic rings. The maximum atomic E-state index is 11.7. The molecule has 0 N–H and O–H groups in total. The Bertz CT molecular complexity index is 529. The van der Waals surface area contributed by atoms with Crippen LogP contribution < -0.4 is 4.74 Å². The lowest BCUT2D eigenvalue weighted by Gasteiger charge is -2.08. The molecule has 0 aliphatic heterocycles. The van der Waals surface area contributed by atoms with E-state index in [0.717, 1.165) is 0 Å². The molecular weight excluding hydrogens is 256 g/mol. The normalized spacial score (nSPS) is 10.8. The first-order valence-corrected chi connectivity index (χ1v) is 6.32. The van der Waals surface area contributed by atoms with Gasteiger partial charge in [-0.2, -0.15) is 0 Å². The number of ketones is 1. The van der Waals surface area contributed by atoms with Crippen molar-refractivity contribution in [3.8, 4) is 5.75 Å². The minimum absolute atomic E-state index is 0.00139. The molecule has 0 aliphatic rings. The fourth-order valence-electron chi connectivity index (χ4n) is 1.55. The summed E-state index contributed by atoms with van der Waals surface area (Å²) in [5, 5.41) is 0. The summed E-state index contributed by atoms with van der Waals surface area (Å²) in [7, 11) is 0. The Labute approximate surface area is 118 Å². The Morgan fingerprint density at radius 3 is 2.60 bits per heavy atom. The quantitative estimate of drug-likeness (QED) is 0.252. The predicted octanol–water partition coefficient (Wildman–Crippen LogP) is 2.79. The Balaban J connectivity index is 3.13. The van der Waals surface area contributed by atoms with Crippen molar-refractivity contribution in [3.05, 3.63) is 48.1 Å². The number of rotatable bonds is 7. The fourth-order valence-corrected chi connectivity index (χ4v) is 1.55. The highest BCUT2D eigenvalue weighted by atomic mass is 16.5. The molecule has 4 nitrogen and oxygen atoms in total. The summed E-state index contributed by atoms with van der Waals surface area (Å²) in [6.07, 6.45) is 3.11. The van der Waals surface area contributed by atoms with E-state index in [2.05, 4.69) is 6.58 Å². The third kappa shape index (κ3) is 4.39. The molecule has 0 aromatic heterocycles. The van der Waals surface area contributed by atoms with E-state index in [-0.39, 0.29) is 18.0 Å². The third-order valence-corrected chi connectivity index (χ3v) is 2.45. The van der Waals surface area contributed by atoms with Gasteiger partial charge in [-0.1, -0.05) is 30.9 Å². The number of carbonyl (C=O) groups is 2. The summed E-state index contributed by atoms with van der Waals surface area (Å²) in [5.41, 5.74) is 0.647. The third-order valence-electron chi connectivity index (χ3n) is 2.45. The molecule has 4 heteroatoms. The van der Waals surface area contributed by atoms with Crippen LogP contribution in [0.2, 0.25) is 0 Å². The monoisotopic (exact) mass is 274 g/mol. The van der Waals surface area contributed by atoms with Gasteiger partial charge in [-0.15, -0.1) is 0 Å². The minimum atomic E-state index is -0.626. The van der Waals surface area contributed by atoms with Gasteiger partial charge in [0, 0.05) is 5.56 Å². The smallest absolute Gasteiger partial charge is 0.341 e. The molecule has 0 radical (unpaired) electrons. The summed E-state index contributed by atoms with van der Waals surface area (Å²) in [6.45, 7) is 7.17. The zero-order chi connectivity index (χ0) is 15.0. The molecule has 20 heavy (non-hydrogen) atoms. The molecular formula is C16H18O4. The van der Waals surface area contributed by atoms with Gasteiger partial charge in [-0.25, -0.2) is 4.79 Å². The van der Waals surface area contributed by atoms with Gasteiger partial charge < -0.3 is 9.47 Å². The van der Waals surface area contributed by atoms with Gasteiger partial charge in [-0.3, -0.25) is 4.79 Å². The van der Waals surface area contributed by atoms with Crippen LogP contribution in [-0.2, 0) is 14.3 Å². The van der Waals surface area contributed by atoms with Gasteiger partial charge in [0.15, 0.2) is 5.78 Å². The Morgan fingerprint density at radius 1 is 1.30 bits per heavy atom. The van der Waals surface area contributed by atoms with Gasteiger partial charge >= 0.3 is 5.97 Å². The van der Waals surface area contributed by atoms with Crippen molar-refractivity contribution >= 4 is 17.8 Å². The number of hydrogen-bond acceptors (Lipinski definition) is 4. The zero-order valence-electron chi connectivity index (χ0n) is 11.7. The van der Waals surface area contributed by atoms with Crippen LogP contribution in [0, 0.1) is 0 Å². The Hall–Kier alpha value is -2.36. The van der Waals surface area contributed by atoms with Crippen LogP contribution in [0.1, 0.15) is 19.4 Å². The van der Waals surface area contributed by atoms with Gasteiger partial charge in [-0.05, 0) is 26.0 Å². The van der Waals surface area contributed by atoms with Gasteiger partial charge in [0.05, 0.1) is 6.61 Å². The average molecular weight is 274 g/mol. The highest BCUT2D eigenvalue weighted by Crippen LogP contribution is 2.21. The van der Waals surface area contributed by atoms with E-state index in [1.165, 1.54) is 13.0 Å². The van der Waals surface area contributed by atoms with Gasteiger partial charge in [0.1, 0.15) is 17.9 Å². The predicted molar refractivity (Wildman–Crippen MR) is 77.4 cm³/mol. The number of esters is 1. The summed E-state index contributed by atoms with van der Waals surface area (Å²) in [6, 6.07) is 7.14. The van der Waals surface area contributed by atoms with Crippen molar-refractivity contribution in [2.45, 2.75) is 13.8 Å².